The van der Waals surface area contributed by atoms with Crippen molar-refractivity contribution in [3.8, 4) is 17.2 Å². The van der Waals surface area contributed by atoms with Crippen LogP contribution in [-0.4, -0.2) is 50.3 Å². The molecule has 0 atom stereocenters. The highest BCUT2D eigenvalue weighted by molar-refractivity contribution is 5.95. The number of nitrogens with zero attached hydrogens (tertiary/aromatic N) is 3. The molecule has 3 rings (SSSR count). The van der Waals surface area contributed by atoms with Crippen molar-refractivity contribution in [3.05, 3.63) is 35.2 Å². The number of methoxy groups -OCH3 is 1. The van der Waals surface area contributed by atoms with Crippen molar-refractivity contribution < 1.29 is 19.0 Å². The number of hydrogen-bond donors (Lipinski definition) is 1. The predicted molar refractivity (Wildman–Crippen MR) is 96.3 cm³/mol. The van der Waals surface area contributed by atoms with Gasteiger partial charge in [-0.1, -0.05) is 0 Å². The molecule has 0 saturated carbocycles. The van der Waals surface area contributed by atoms with Crippen molar-refractivity contribution in [3.63, 3.8) is 0 Å². The Labute approximate surface area is 152 Å². The summed E-state index contributed by atoms with van der Waals surface area (Å²) >= 11 is 0. The van der Waals surface area contributed by atoms with Crippen molar-refractivity contribution in [1.82, 2.24) is 15.3 Å². The molecule has 26 heavy (non-hydrogen) atoms. The standard InChI is InChI=1S/C18H22N4O4/c1-11-13(10-20-18(21-11)22(2)3)17(23)19-9-12-7-15-16(8-14(12)24-4)26-6-5-25-15/h7-8,10H,5-6,9H2,1-4H3,(H,19,23). The summed E-state index contributed by atoms with van der Waals surface area (Å²) in [6.07, 6.45) is 1.54. The number of aromatic nitrogens is 2. The molecule has 138 valence electrons. The van der Waals surface area contributed by atoms with Crippen molar-refractivity contribution in [1.29, 1.82) is 0 Å². The van der Waals surface area contributed by atoms with Crippen LogP contribution in [0, 0.1) is 6.92 Å². The Kier molecular flexibility index (Phi) is 5.11. The smallest absolute Gasteiger partial charge is 0.254 e. The second-order valence-electron chi connectivity index (χ2n) is 6.05. The van der Waals surface area contributed by atoms with Crippen LogP contribution in [0.3, 0.4) is 0 Å². The van der Waals surface area contributed by atoms with E-state index in [1.54, 1.807) is 25.0 Å². The van der Waals surface area contributed by atoms with Crippen LogP contribution < -0.4 is 24.4 Å². The number of nitrogens with one attached hydrogen (secondary N) is 1. The van der Waals surface area contributed by atoms with E-state index in [1.165, 1.54) is 6.20 Å². The molecule has 1 aromatic heterocycles. The number of benzene rings is 1. The Morgan fingerprint density at radius 1 is 1.27 bits per heavy atom. The van der Waals surface area contributed by atoms with Gasteiger partial charge in [-0.2, -0.15) is 0 Å². The minimum absolute atomic E-state index is 0.246. The number of aryl methyl sites for hydroxylation is 1. The van der Waals surface area contributed by atoms with Gasteiger partial charge >= 0.3 is 0 Å². The number of rotatable bonds is 5. The number of carbonyl (C=O) groups is 1. The van der Waals surface area contributed by atoms with E-state index in [4.69, 9.17) is 14.2 Å². The number of fused-ring (bicyclic) bond motifs is 1. The van der Waals surface area contributed by atoms with E-state index in [0.29, 0.717) is 47.7 Å². The third kappa shape index (κ3) is 3.63. The summed E-state index contributed by atoms with van der Waals surface area (Å²) in [5.74, 6) is 2.24. The number of ether oxygens (including phenoxy) is 3. The van der Waals surface area contributed by atoms with Gasteiger partial charge < -0.3 is 24.4 Å². The highest BCUT2D eigenvalue weighted by Gasteiger charge is 2.18. The third-order valence-electron chi connectivity index (χ3n) is 4.00. The highest BCUT2D eigenvalue weighted by Crippen LogP contribution is 2.36. The molecule has 0 unspecified atom stereocenters. The minimum Gasteiger partial charge on any atom is -0.496 e. The van der Waals surface area contributed by atoms with Gasteiger partial charge in [-0.05, 0) is 13.0 Å². The first-order chi connectivity index (χ1) is 12.5. The molecule has 1 N–H and O–H groups in total. The molecule has 0 bridgehead atoms. The van der Waals surface area contributed by atoms with Gasteiger partial charge in [0.15, 0.2) is 11.5 Å². The van der Waals surface area contributed by atoms with E-state index in [2.05, 4.69) is 15.3 Å². The fraction of sp³-hybridized carbons (Fsp3) is 0.389. The molecule has 1 aromatic carbocycles. The molecular weight excluding hydrogens is 336 g/mol. The molecule has 1 amide bonds. The van der Waals surface area contributed by atoms with Crippen molar-refractivity contribution in [2.24, 2.45) is 0 Å². The average molecular weight is 358 g/mol. The van der Waals surface area contributed by atoms with Crippen LogP contribution in [0.1, 0.15) is 21.6 Å². The molecule has 2 heterocycles. The molecule has 0 saturated heterocycles. The Bertz CT molecular complexity index is 823. The summed E-state index contributed by atoms with van der Waals surface area (Å²) in [7, 11) is 5.28. The van der Waals surface area contributed by atoms with Crippen LogP contribution in [0.4, 0.5) is 5.95 Å². The van der Waals surface area contributed by atoms with Crippen LogP contribution in [0.15, 0.2) is 18.3 Å². The first-order valence-electron chi connectivity index (χ1n) is 8.25. The first-order valence-corrected chi connectivity index (χ1v) is 8.25. The van der Waals surface area contributed by atoms with Crippen LogP contribution in [-0.2, 0) is 6.54 Å². The molecule has 0 spiro atoms. The summed E-state index contributed by atoms with van der Waals surface area (Å²) in [5.41, 5.74) is 1.86. The second-order valence-corrected chi connectivity index (χ2v) is 6.05. The van der Waals surface area contributed by atoms with Gasteiger partial charge in [0.1, 0.15) is 19.0 Å². The maximum atomic E-state index is 12.5. The van der Waals surface area contributed by atoms with E-state index in [1.807, 2.05) is 20.2 Å². The zero-order chi connectivity index (χ0) is 18.7. The number of carbonyl (C=O) groups excluding carboxylic acids is 1. The van der Waals surface area contributed by atoms with Gasteiger partial charge in [-0.25, -0.2) is 9.97 Å². The zero-order valence-electron chi connectivity index (χ0n) is 15.3. The zero-order valence-corrected chi connectivity index (χ0v) is 15.3. The molecule has 0 radical (unpaired) electrons. The highest BCUT2D eigenvalue weighted by atomic mass is 16.6. The molecule has 1 aliphatic rings. The molecule has 8 nitrogen and oxygen atoms in total. The monoisotopic (exact) mass is 358 g/mol. The average Bonchev–Trinajstić information content (AvgIpc) is 2.65. The molecular formula is C18H22N4O4. The molecule has 2 aromatic rings. The Hall–Kier alpha value is -3.03. The number of anilines is 1. The SMILES string of the molecule is COc1cc2c(cc1CNC(=O)c1cnc(N(C)C)nc1C)OCCO2. The van der Waals surface area contributed by atoms with E-state index in [9.17, 15) is 4.79 Å². The quantitative estimate of drug-likeness (QED) is 0.868. The number of hydrogen-bond acceptors (Lipinski definition) is 7. The first kappa shape index (κ1) is 17.8. The summed E-state index contributed by atoms with van der Waals surface area (Å²) in [6, 6.07) is 3.60. The van der Waals surface area contributed by atoms with Crippen molar-refractivity contribution in [2.45, 2.75) is 13.5 Å². The molecule has 8 heteroatoms. The fourth-order valence-corrected chi connectivity index (χ4v) is 2.60. The summed E-state index contributed by atoms with van der Waals surface area (Å²) in [6.45, 7) is 3.08. The lowest BCUT2D eigenvalue weighted by atomic mass is 10.1. The Morgan fingerprint density at radius 2 is 1.96 bits per heavy atom. The molecule has 1 aliphatic heterocycles. The van der Waals surface area contributed by atoms with Gasteiger partial charge in [-0.3, -0.25) is 4.79 Å². The normalized spacial score (nSPS) is 12.5. The molecule has 0 fully saturated rings. The van der Waals surface area contributed by atoms with Crippen LogP contribution in [0.5, 0.6) is 17.2 Å². The van der Waals surface area contributed by atoms with Gasteiger partial charge in [-0.15, -0.1) is 0 Å². The van der Waals surface area contributed by atoms with Gasteiger partial charge in [0.25, 0.3) is 5.91 Å². The largest absolute Gasteiger partial charge is 0.496 e. The van der Waals surface area contributed by atoms with E-state index < -0.39 is 0 Å². The van der Waals surface area contributed by atoms with Crippen molar-refractivity contribution >= 4 is 11.9 Å². The summed E-state index contributed by atoms with van der Waals surface area (Å²) in [4.78, 5) is 22.8. The van der Waals surface area contributed by atoms with Gasteiger partial charge in [0.05, 0.1) is 18.4 Å². The van der Waals surface area contributed by atoms with Crippen molar-refractivity contribution in [2.75, 3.05) is 39.3 Å². The van der Waals surface area contributed by atoms with E-state index in [0.717, 1.165) is 5.56 Å². The van der Waals surface area contributed by atoms with E-state index in [-0.39, 0.29) is 12.5 Å². The maximum absolute atomic E-state index is 12.5. The summed E-state index contributed by atoms with van der Waals surface area (Å²) < 4.78 is 16.5. The lowest BCUT2D eigenvalue weighted by Gasteiger charge is -2.21. The third-order valence-corrected chi connectivity index (χ3v) is 4.00. The lowest BCUT2D eigenvalue weighted by Crippen LogP contribution is -2.25. The second kappa shape index (κ2) is 7.47. The fourth-order valence-electron chi connectivity index (χ4n) is 2.60. The van der Waals surface area contributed by atoms with Gasteiger partial charge in [0, 0.05) is 38.5 Å². The van der Waals surface area contributed by atoms with Crippen LogP contribution in [0.2, 0.25) is 0 Å². The Morgan fingerprint density at radius 3 is 2.58 bits per heavy atom. The van der Waals surface area contributed by atoms with Gasteiger partial charge in [0.2, 0.25) is 5.95 Å². The van der Waals surface area contributed by atoms with E-state index >= 15 is 0 Å². The maximum Gasteiger partial charge on any atom is 0.254 e. The number of amides is 1. The predicted octanol–water partition coefficient (Wildman–Crippen LogP) is 1.56. The van der Waals surface area contributed by atoms with Crippen LogP contribution >= 0.6 is 0 Å². The lowest BCUT2D eigenvalue weighted by molar-refractivity contribution is 0.0949. The van der Waals surface area contributed by atoms with Crippen LogP contribution in [0.25, 0.3) is 0 Å². The summed E-state index contributed by atoms with van der Waals surface area (Å²) in [5, 5.41) is 2.88. The minimum atomic E-state index is -0.246. The molecule has 0 aliphatic carbocycles. The topological polar surface area (TPSA) is 85.8 Å². The Balaban J connectivity index is 1.75.